The van der Waals surface area contributed by atoms with Gasteiger partial charge < -0.3 is 14.4 Å². The highest BCUT2D eigenvalue weighted by Crippen LogP contribution is 2.29. The van der Waals surface area contributed by atoms with Crippen molar-refractivity contribution in [1.29, 1.82) is 0 Å². The molecule has 2 aromatic carbocycles. The molecule has 1 aliphatic carbocycles. The molecule has 36 heavy (non-hydrogen) atoms. The summed E-state index contributed by atoms with van der Waals surface area (Å²) in [6.07, 6.45) is 5.29. The van der Waals surface area contributed by atoms with Crippen LogP contribution in [-0.2, 0) is 19.3 Å². The Morgan fingerprint density at radius 2 is 1.81 bits per heavy atom. The second kappa shape index (κ2) is 10.5. The summed E-state index contributed by atoms with van der Waals surface area (Å²) in [6.45, 7) is 0.967. The first-order chi connectivity index (χ1) is 17.5. The number of fused-ring (bicyclic) bond motifs is 1. The van der Waals surface area contributed by atoms with Gasteiger partial charge in [0.1, 0.15) is 11.9 Å². The molecular formula is C28H30FN3O4. The maximum atomic E-state index is 14.7. The van der Waals surface area contributed by atoms with E-state index in [0.717, 1.165) is 48.1 Å². The Morgan fingerprint density at radius 3 is 2.56 bits per heavy atom. The molecule has 0 radical (unpaired) electrons. The molecule has 1 aliphatic heterocycles. The van der Waals surface area contributed by atoms with E-state index in [9.17, 15) is 14.0 Å². The number of nitrogens with zero attached hydrogens (tertiary/aromatic N) is 2. The number of methoxy groups -OCH3 is 1. The molecular weight excluding hydrogens is 461 g/mol. The van der Waals surface area contributed by atoms with Gasteiger partial charge in [-0.1, -0.05) is 18.2 Å². The average molecular weight is 492 g/mol. The number of para-hydroxylation sites is 2. The molecule has 3 aromatic rings. The van der Waals surface area contributed by atoms with Gasteiger partial charge in [0.25, 0.3) is 11.5 Å². The number of hydrogen-bond donors (Lipinski definition) is 1. The maximum Gasteiger partial charge on any atom is 0.267 e. The van der Waals surface area contributed by atoms with Crippen LogP contribution in [-0.4, -0.2) is 47.3 Å². The van der Waals surface area contributed by atoms with Gasteiger partial charge in [0, 0.05) is 37.9 Å². The van der Waals surface area contributed by atoms with E-state index >= 15 is 0 Å². The zero-order valence-corrected chi connectivity index (χ0v) is 20.4. The van der Waals surface area contributed by atoms with Crippen LogP contribution in [0.15, 0.2) is 47.3 Å². The molecule has 1 fully saturated rings. The van der Waals surface area contributed by atoms with Crippen molar-refractivity contribution < 1.29 is 18.7 Å². The van der Waals surface area contributed by atoms with Gasteiger partial charge >= 0.3 is 0 Å². The Balaban J connectivity index is 1.27. The molecule has 7 nitrogen and oxygen atoms in total. The third kappa shape index (κ3) is 4.98. The molecule has 8 heteroatoms. The van der Waals surface area contributed by atoms with Crippen LogP contribution in [0.4, 0.5) is 4.39 Å². The number of ether oxygens (including phenoxy) is 2. The van der Waals surface area contributed by atoms with Crippen LogP contribution in [0.5, 0.6) is 11.5 Å². The number of halogens is 1. The number of likely N-dealkylation sites (tertiary alicyclic amines) is 1. The lowest BCUT2D eigenvalue weighted by molar-refractivity contribution is 0.0586. The van der Waals surface area contributed by atoms with Crippen molar-refractivity contribution in [2.24, 2.45) is 0 Å². The Labute approximate surface area is 209 Å². The Bertz CT molecular complexity index is 1310. The number of benzene rings is 2. The van der Waals surface area contributed by atoms with Crippen molar-refractivity contribution in [1.82, 2.24) is 15.1 Å². The molecule has 5 rings (SSSR count). The van der Waals surface area contributed by atoms with E-state index in [1.165, 1.54) is 6.07 Å². The minimum atomic E-state index is -0.535. The lowest BCUT2D eigenvalue weighted by atomic mass is 9.90. The molecule has 0 bridgehead atoms. The van der Waals surface area contributed by atoms with Crippen LogP contribution in [0, 0.1) is 5.82 Å². The van der Waals surface area contributed by atoms with Gasteiger partial charge in [0.15, 0.2) is 11.5 Å². The van der Waals surface area contributed by atoms with Crippen LogP contribution in [0.1, 0.15) is 58.4 Å². The first-order valence-electron chi connectivity index (χ1n) is 12.5. The molecule has 1 aromatic heterocycles. The van der Waals surface area contributed by atoms with Gasteiger partial charge in [-0.15, -0.1) is 0 Å². The summed E-state index contributed by atoms with van der Waals surface area (Å²) in [5.41, 5.74) is 3.34. The quantitative estimate of drug-likeness (QED) is 0.562. The van der Waals surface area contributed by atoms with Gasteiger partial charge in [-0.3, -0.25) is 9.59 Å². The van der Waals surface area contributed by atoms with E-state index in [4.69, 9.17) is 9.47 Å². The van der Waals surface area contributed by atoms with Crippen LogP contribution >= 0.6 is 0 Å². The first kappa shape index (κ1) is 24.0. The molecule has 188 valence electrons. The van der Waals surface area contributed by atoms with E-state index in [0.29, 0.717) is 43.9 Å². The zero-order chi connectivity index (χ0) is 25.1. The predicted molar refractivity (Wildman–Crippen MR) is 133 cm³/mol. The van der Waals surface area contributed by atoms with Gasteiger partial charge in [-0.05, 0) is 61.1 Å². The fourth-order valence-corrected chi connectivity index (χ4v) is 5.16. The number of nitrogens with one attached hydrogen (secondary N) is 1. The molecule has 2 heterocycles. The minimum Gasteiger partial charge on any atom is -0.493 e. The lowest BCUT2D eigenvalue weighted by Gasteiger charge is -2.32. The monoisotopic (exact) mass is 491 g/mol. The maximum absolute atomic E-state index is 14.7. The van der Waals surface area contributed by atoms with Gasteiger partial charge in [0.2, 0.25) is 0 Å². The first-order valence-corrected chi connectivity index (χ1v) is 12.5. The van der Waals surface area contributed by atoms with Crippen LogP contribution in [0.2, 0.25) is 0 Å². The SMILES string of the molecule is COc1ccccc1OC1CCN(C(=O)c2cc(Cc3n[nH]c(=O)c4c3CCCC4)ccc2F)CC1. The second-order valence-corrected chi connectivity index (χ2v) is 9.41. The van der Waals surface area contributed by atoms with E-state index in [2.05, 4.69) is 10.2 Å². The van der Waals surface area contributed by atoms with E-state index < -0.39 is 5.82 Å². The second-order valence-electron chi connectivity index (χ2n) is 9.41. The standard InChI is InChI=1S/C28H30FN3O4/c1-35-25-8-4-5-9-26(25)36-19-12-14-32(15-13-19)28(34)22-16-18(10-11-23(22)29)17-24-20-6-2-3-7-21(20)27(33)31-30-24/h4-5,8-11,16,19H,2-3,6-7,12-15,17H2,1H3,(H,31,33). The van der Waals surface area contributed by atoms with Crippen molar-refractivity contribution in [2.45, 2.75) is 51.0 Å². The third-order valence-corrected chi connectivity index (χ3v) is 7.11. The summed E-state index contributed by atoms with van der Waals surface area (Å²) in [5.74, 6) is 0.504. The zero-order valence-electron chi connectivity index (χ0n) is 20.4. The number of rotatable bonds is 6. The Morgan fingerprint density at radius 1 is 1.08 bits per heavy atom. The van der Waals surface area contributed by atoms with Crippen LogP contribution in [0.25, 0.3) is 0 Å². The van der Waals surface area contributed by atoms with Gasteiger partial charge in [0.05, 0.1) is 18.4 Å². The lowest BCUT2D eigenvalue weighted by Crippen LogP contribution is -2.42. The summed E-state index contributed by atoms with van der Waals surface area (Å²) in [6, 6.07) is 12.1. The molecule has 1 amide bonds. The number of hydrogen-bond acceptors (Lipinski definition) is 5. The third-order valence-electron chi connectivity index (χ3n) is 7.11. The van der Waals surface area contributed by atoms with Gasteiger partial charge in [-0.2, -0.15) is 5.10 Å². The van der Waals surface area contributed by atoms with Gasteiger partial charge in [-0.25, -0.2) is 9.49 Å². The molecule has 2 aliphatic rings. The normalized spacial score (nSPS) is 15.9. The van der Waals surface area contributed by atoms with Crippen LogP contribution < -0.4 is 15.0 Å². The number of H-pyrrole nitrogens is 1. The predicted octanol–water partition coefficient (Wildman–Crippen LogP) is 4.07. The largest absolute Gasteiger partial charge is 0.493 e. The minimum absolute atomic E-state index is 0.0426. The number of carbonyl (C=O) groups excluding carboxylic acids is 1. The molecule has 1 N–H and O–H groups in total. The molecule has 0 spiro atoms. The van der Waals surface area contributed by atoms with Crippen molar-refractivity contribution in [3.05, 3.63) is 86.6 Å². The average Bonchev–Trinajstić information content (AvgIpc) is 2.92. The van der Waals surface area contributed by atoms with Crippen molar-refractivity contribution in [3.8, 4) is 11.5 Å². The highest BCUT2D eigenvalue weighted by molar-refractivity contribution is 5.94. The number of amides is 1. The summed E-state index contributed by atoms with van der Waals surface area (Å²) >= 11 is 0. The van der Waals surface area contributed by atoms with Crippen molar-refractivity contribution in [2.75, 3.05) is 20.2 Å². The highest BCUT2D eigenvalue weighted by Gasteiger charge is 2.27. The highest BCUT2D eigenvalue weighted by atomic mass is 19.1. The van der Waals surface area contributed by atoms with E-state index in [1.54, 1.807) is 24.1 Å². The van der Waals surface area contributed by atoms with Crippen molar-refractivity contribution in [3.63, 3.8) is 0 Å². The summed E-state index contributed by atoms with van der Waals surface area (Å²) < 4.78 is 26.2. The summed E-state index contributed by atoms with van der Waals surface area (Å²) in [7, 11) is 1.61. The Kier molecular flexibility index (Phi) is 7.02. The van der Waals surface area contributed by atoms with Crippen LogP contribution in [0.3, 0.4) is 0 Å². The summed E-state index contributed by atoms with van der Waals surface area (Å²) in [5, 5.41) is 6.88. The van der Waals surface area contributed by atoms with E-state index in [-0.39, 0.29) is 23.1 Å². The number of carbonyl (C=O) groups is 1. The molecule has 0 atom stereocenters. The fraction of sp³-hybridized carbons (Fsp3) is 0.393. The molecule has 0 unspecified atom stereocenters. The topological polar surface area (TPSA) is 84.5 Å². The fourth-order valence-electron chi connectivity index (χ4n) is 5.16. The molecule has 1 saturated heterocycles. The number of piperidine rings is 1. The molecule has 0 saturated carbocycles. The summed E-state index contributed by atoms with van der Waals surface area (Å²) in [4.78, 5) is 27.1. The smallest absolute Gasteiger partial charge is 0.267 e. The van der Waals surface area contributed by atoms with Crippen molar-refractivity contribution >= 4 is 5.91 Å². The number of aromatic nitrogens is 2. The Hall–Kier alpha value is -3.68. The van der Waals surface area contributed by atoms with E-state index in [1.807, 2.05) is 24.3 Å². The number of aromatic amines is 1.